The number of aromatic nitrogens is 3. The van der Waals surface area contributed by atoms with Crippen molar-refractivity contribution in [2.75, 3.05) is 5.73 Å². The summed E-state index contributed by atoms with van der Waals surface area (Å²) >= 11 is 0. The first-order valence-electron chi connectivity index (χ1n) is 4.33. The van der Waals surface area contributed by atoms with Gasteiger partial charge < -0.3 is 5.73 Å². The first-order valence-corrected chi connectivity index (χ1v) is 4.33. The first kappa shape index (κ1) is 9.51. The van der Waals surface area contributed by atoms with Crippen LogP contribution in [0.4, 0.5) is 5.82 Å². The second-order valence-electron chi connectivity index (χ2n) is 2.39. The summed E-state index contributed by atoms with van der Waals surface area (Å²) in [7, 11) is 0. The van der Waals surface area contributed by atoms with Gasteiger partial charge in [0.2, 0.25) is 0 Å². The van der Waals surface area contributed by atoms with Crippen molar-refractivity contribution in [3.63, 3.8) is 0 Å². The van der Waals surface area contributed by atoms with Crippen molar-refractivity contribution in [2.24, 2.45) is 0 Å². The molecule has 0 atom stereocenters. The smallest absolute Gasteiger partial charge is 0.157 e. The van der Waals surface area contributed by atoms with Crippen molar-refractivity contribution >= 4 is 11.5 Å². The zero-order chi connectivity index (χ0) is 9.84. The van der Waals surface area contributed by atoms with Crippen LogP contribution in [0.1, 0.15) is 19.5 Å². The van der Waals surface area contributed by atoms with Gasteiger partial charge in [0, 0.05) is 12.4 Å². The average Bonchev–Trinajstić information content (AvgIpc) is 2.47. The number of nitrogen functional groups attached to an aromatic ring is 1. The zero-order valence-corrected chi connectivity index (χ0v) is 8.15. The molecule has 13 heavy (non-hydrogen) atoms. The minimum Gasteiger partial charge on any atom is -0.383 e. The second kappa shape index (κ2) is 3.89. The highest BCUT2D eigenvalue weighted by Crippen LogP contribution is 2.11. The summed E-state index contributed by atoms with van der Waals surface area (Å²) in [5.74, 6) is 0.683. The van der Waals surface area contributed by atoms with E-state index in [0.717, 1.165) is 11.3 Å². The fourth-order valence-corrected chi connectivity index (χ4v) is 1.04. The molecule has 0 aliphatic carbocycles. The van der Waals surface area contributed by atoms with E-state index in [1.165, 1.54) is 0 Å². The molecule has 2 N–H and O–H groups in total. The lowest BCUT2D eigenvalue weighted by atomic mass is 10.5. The predicted molar refractivity (Wildman–Crippen MR) is 53.5 cm³/mol. The van der Waals surface area contributed by atoms with Gasteiger partial charge in [0.25, 0.3) is 0 Å². The molecule has 0 amide bonds. The third kappa shape index (κ3) is 1.61. The summed E-state index contributed by atoms with van der Waals surface area (Å²) in [6.07, 6.45) is 5.17. The van der Waals surface area contributed by atoms with Crippen LogP contribution < -0.4 is 5.73 Å². The molecule has 4 heteroatoms. The number of imidazole rings is 1. The minimum atomic E-state index is 0.683. The predicted octanol–water partition coefficient (Wildman–Crippen LogP) is 1.65. The number of nitrogens with zero attached hydrogens (tertiary/aromatic N) is 3. The Kier molecular flexibility index (Phi) is 2.84. The molecule has 0 saturated heterocycles. The molecule has 0 aliphatic heterocycles. The standard InChI is InChI=1S/C7H8N4.C2H6/c1-5-7(8)11-3-2-9-4-6(11)10-5;1-2/h2-4H,8H2,1H3;1-2H3. The normalized spacial score (nSPS) is 9.46. The summed E-state index contributed by atoms with van der Waals surface area (Å²) in [6, 6.07) is 0. The van der Waals surface area contributed by atoms with Crippen LogP contribution in [0.5, 0.6) is 0 Å². The second-order valence-corrected chi connectivity index (χ2v) is 2.39. The van der Waals surface area contributed by atoms with Gasteiger partial charge in [-0.3, -0.25) is 9.38 Å². The van der Waals surface area contributed by atoms with E-state index >= 15 is 0 Å². The van der Waals surface area contributed by atoms with Crippen molar-refractivity contribution in [1.82, 2.24) is 14.4 Å². The molecule has 2 aromatic heterocycles. The fourth-order valence-electron chi connectivity index (χ4n) is 1.04. The van der Waals surface area contributed by atoms with Crippen LogP contribution in [-0.2, 0) is 0 Å². The van der Waals surface area contributed by atoms with Crippen molar-refractivity contribution in [3.8, 4) is 0 Å². The van der Waals surface area contributed by atoms with E-state index in [-0.39, 0.29) is 0 Å². The summed E-state index contributed by atoms with van der Waals surface area (Å²) in [6.45, 7) is 5.88. The molecule has 2 aromatic rings. The van der Waals surface area contributed by atoms with E-state index in [0.29, 0.717) is 5.82 Å². The minimum absolute atomic E-state index is 0.683. The van der Waals surface area contributed by atoms with Crippen LogP contribution in [0.3, 0.4) is 0 Å². The van der Waals surface area contributed by atoms with Crippen molar-refractivity contribution in [2.45, 2.75) is 20.8 Å². The van der Waals surface area contributed by atoms with Crippen LogP contribution in [-0.4, -0.2) is 14.4 Å². The number of aryl methyl sites for hydroxylation is 1. The maximum Gasteiger partial charge on any atom is 0.157 e. The lowest BCUT2D eigenvalue weighted by Crippen LogP contribution is -1.93. The maximum absolute atomic E-state index is 5.71. The van der Waals surface area contributed by atoms with E-state index in [1.807, 2.05) is 25.2 Å². The van der Waals surface area contributed by atoms with Gasteiger partial charge in [0.05, 0.1) is 11.9 Å². The Bertz CT molecular complexity index is 391. The Morgan fingerprint density at radius 1 is 1.38 bits per heavy atom. The van der Waals surface area contributed by atoms with Gasteiger partial charge in [-0.05, 0) is 6.92 Å². The average molecular weight is 178 g/mol. The molecule has 2 heterocycles. The first-order chi connectivity index (χ1) is 6.29. The number of fused-ring (bicyclic) bond motifs is 1. The van der Waals surface area contributed by atoms with E-state index in [1.54, 1.807) is 18.6 Å². The summed E-state index contributed by atoms with van der Waals surface area (Å²) in [5, 5.41) is 0. The molecular formula is C9H14N4. The molecule has 4 nitrogen and oxygen atoms in total. The van der Waals surface area contributed by atoms with Crippen LogP contribution in [0.2, 0.25) is 0 Å². The molecular weight excluding hydrogens is 164 g/mol. The van der Waals surface area contributed by atoms with E-state index in [4.69, 9.17) is 5.73 Å². The van der Waals surface area contributed by atoms with E-state index < -0.39 is 0 Å². The third-order valence-electron chi connectivity index (χ3n) is 1.65. The maximum atomic E-state index is 5.71. The quantitative estimate of drug-likeness (QED) is 0.667. The zero-order valence-electron chi connectivity index (χ0n) is 8.15. The molecule has 0 aliphatic rings. The molecule has 0 unspecified atom stereocenters. The number of hydrogen-bond acceptors (Lipinski definition) is 3. The lowest BCUT2D eigenvalue weighted by molar-refractivity contribution is 1.13. The van der Waals surface area contributed by atoms with Crippen molar-refractivity contribution in [1.29, 1.82) is 0 Å². The van der Waals surface area contributed by atoms with Crippen LogP contribution in [0.15, 0.2) is 18.6 Å². The van der Waals surface area contributed by atoms with Crippen LogP contribution >= 0.6 is 0 Å². The molecule has 2 rings (SSSR count). The summed E-state index contributed by atoms with van der Waals surface area (Å²) in [5.41, 5.74) is 7.35. The molecule has 0 bridgehead atoms. The van der Waals surface area contributed by atoms with Gasteiger partial charge in [-0.1, -0.05) is 13.8 Å². The highest BCUT2D eigenvalue weighted by molar-refractivity contribution is 5.50. The molecule has 0 spiro atoms. The van der Waals surface area contributed by atoms with Gasteiger partial charge in [0.1, 0.15) is 5.82 Å². The summed E-state index contributed by atoms with van der Waals surface area (Å²) < 4.78 is 1.81. The van der Waals surface area contributed by atoms with Gasteiger partial charge in [-0.2, -0.15) is 0 Å². The van der Waals surface area contributed by atoms with Gasteiger partial charge in [-0.15, -0.1) is 0 Å². The molecule has 70 valence electrons. The Balaban J connectivity index is 0.000000396. The highest BCUT2D eigenvalue weighted by atomic mass is 15.1. The Morgan fingerprint density at radius 2 is 2.08 bits per heavy atom. The van der Waals surface area contributed by atoms with Crippen molar-refractivity contribution < 1.29 is 0 Å². The lowest BCUT2D eigenvalue weighted by Gasteiger charge is -1.92. The Labute approximate surface area is 77.4 Å². The Morgan fingerprint density at radius 3 is 2.69 bits per heavy atom. The third-order valence-corrected chi connectivity index (χ3v) is 1.65. The number of rotatable bonds is 0. The van der Waals surface area contributed by atoms with Crippen LogP contribution in [0.25, 0.3) is 5.65 Å². The molecule has 0 saturated carbocycles. The molecule has 0 aromatic carbocycles. The van der Waals surface area contributed by atoms with Gasteiger partial charge in [-0.25, -0.2) is 4.98 Å². The van der Waals surface area contributed by atoms with Gasteiger partial charge >= 0.3 is 0 Å². The molecule has 0 radical (unpaired) electrons. The fraction of sp³-hybridized carbons (Fsp3) is 0.333. The van der Waals surface area contributed by atoms with Crippen LogP contribution in [0, 0.1) is 6.92 Å². The number of anilines is 1. The Hall–Kier alpha value is -1.58. The van der Waals surface area contributed by atoms with Gasteiger partial charge in [0.15, 0.2) is 5.65 Å². The monoisotopic (exact) mass is 178 g/mol. The molecule has 0 fully saturated rings. The SMILES string of the molecule is CC.Cc1nc2cnccn2c1N. The highest BCUT2D eigenvalue weighted by Gasteiger charge is 2.02. The number of hydrogen-bond donors (Lipinski definition) is 1. The number of nitrogens with two attached hydrogens (primary N) is 1. The topological polar surface area (TPSA) is 56.2 Å². The largest absolute Gasteiger partial charge is 0.383 e. The summed E-state index contributed by atoms with van der Waals surface area (Å²) in [4.78, 5) is 8.12. The van der Waals surface area contributed by atoms with Crippen molar-refractivity contribution in [3.05, 3.63) is 24.3 Å². The van der Waals surface area contributed by atoms with E-state index in [2.05, 4.69) is 9.97 Å². The van der Waals surface area contributed by atoms with E-state index in [9.17, 15) is 0 Å².